The Kier molecular flexibility index (Phi) is 5.22. The number of carbonyl (C=O) groups excluding carboxylic acids is 1. The molecule has 1 heterocycles. The van der Waals surface area contributed by atoms with Crippen molar-refractivity contribution in [2.24, 2.45) is 0 Å². The first kappa shape index (κ1) is 17.2. The molecule has 126 valence electrons. The minimum Gasteiger partial charge on any atom is -0.482 e. The van der Waals surface area contributed by atoms with Crippen molar-refractivity contribution in [2.45, 2.75) is 13.3 Å². The van der Waals surface area contributed by atoms with Gasteiger partial charge in [-0.1, -0.05) is 0 Å². The van der Waals surface area contributed by atoms with Gasteiger partial charge in [-0.2, -0.15) is 4.31 Å². The fourth-order valence-corrected chi connectivity index (χ4v) is 3.70. The highest BCUT2D eigenvalue weighted by Crippen LogP contribution is 2.21. The van der Waals surface area contributed by atoms with Gasteiger partial charge in [0.25, 0.3) is 0 Å². The van der Waals surface area contributed by atoms with E-state index in [9.17, 15) is 18.0 Å². The van der Waals surface area contributed by atoms with E-state index in [0.29, 0.717) is 30.0 Å². The zero-order valence-corrected chi connectivity index (χ0v) is 13.4. The van der Waals surface area contributed by atoms with Crippen molar-refractivity contribution in [3.8, 4) is 5.75 Å². The molecule has 0 unspecified atom stereocenters. The molecule has 1 fully saturated rings. The third kappa shape index (κ3) is 4.67. The maximum Gasteiger partial charge on any atom is 0.341 e. The SMILES string of the molecule is Cc1cc(OCC(=O)O)ccc1NC(=O)CN1CCCS1(=O)=O. The molecule has 0 saturated carbocycles. The molecule has 0 atom stereocenters. The number of nitrogens with one attached hydrogen (secondary N) is 1. The van der Waals surface area contributed by atoms with Crippen molar-refractivity contribution in [2.75, 3.05) is 30.8 Å². The minimum atomic E-state index is -3.31. The molecule has 2 rings (SSSR count). The van der Waals surface area contributed by atoms with Gasteiger partial charge < -0.3 is 15.2 Å². The van der Waals surface area contributed by atoms with Gasteiger partial charge in [-0.05, 0) is 37.1 Å². The van der Waals surface area contributed by atoms with Crippen LogP contribution >= 0.6 is 0 Å². The first-order chi connectivity index (χ1) is 10.8. The Morgan fingerprint density at radius 3 is 2.70 bits per heavy atom. The number of aryl methyl sites for hydroxylation is 1. The predicted octanol–water partition coefficient (Wildman–Crippen LogP) is 0.432. The number of sulfonamides is 1. The second-order valence-electron chi connectivity index (χ2n) is 5.21. The summed E-state index contributed by atoms with van der Waals surface area (Å²) in [5.41, 5.74) is 1.21. The molecule has 0 aromatic heterocycles. The molecule has 23 heavy (non-hydrogen) atoms. The van der Waals surface area contributed by atoms with Gasteiger partial charge in [0.15, 0.2) is 6.61 Å². The lowest BCUT2D eigenvalue weighted by molar-refractivity contribution is -0.139. The van der Waals surface area contributed by atoms with Crippen molar-refractivity contribution in [1.29, 1.82) is 0 Å². The number of ether oxygens (including phenoxy) is 1. The van der Waals surface area contributed by atoms with Crippen molar-refractivity contribution >= 4 is 27.6 Å². The number of hydrogen-bond donors (Lipinski definition) is 2. The van der Waals surface area contributed by atoms with Gasteiger partial charge in [0.2, 0.25) is 15.9 Å². The minimum absolute atomic E-state index is 0.0783. The van der Waals surface area contributed by atoms with Gasteiger partial charge in [-0.15, -0.1) is 0 Å². The zero-order valence-electron chi connectivity index (χ0n) is 12.6. The lowest BCUT2D eigenvalue weighted by atomic mass is 10.2. The standard InChI is InChI=1S/C14H18N2O6S/c1-10-7-11(22-9-14(18)19)3-4-12(10)15-13(17)8-16-5-2-6-23(16,20)21/h3-4,7H,2,5-6,8-9H2,1H3,(H,15,17)(H,18,19). The average molecular weight is 342 g/mol. The largest absolute Gasteiger partial charge is 0.482 e. The molecular formula is C14H18N2O6S. The Labute approximate surface area is 134 Å². The number of amides is 1. The van der Waals surface area contributed by atoms with E-state index in [1.807, 2.05) is 0 Å². The fraction of sp³-hybridized carbons (Fsp3) is 0.429. The molecule has 1 aromatic carbocycles. The van der Waals surface area contributed by atoms with Gasteiger partial charge in [-0.3, -0.25) is 4.79 Å². The number of carbonyl (C=O) groups is 2. The molecule has 1 aliphatic heterocycles. The van der Waals surface area contributed by atoms with E-state index in [2.05, 4.69) is 5.32 Å². The van der Waals surface area contributed by atoms with E-state index in [0.717, 1.165) is 0 Å². The highest BCUT2D eigenvalue weighted by atomic mass is 32.2. The maximum absolute atomic E-state index is 12.0. The van der Waals surface area contributed by atoms with Crippen molar-refractivity contribution in [3.05, 3.63) is 23.8 Å². The number of benzene rings is 1. The molecule has 0 aliphatic carbocycles. The van der Waals surface area contributed by atoms with Crippen LogP contribution in [0.15, 0.2) is 18.2 Å². The van der Waals surface area contributed by atoms with E-state index >= 15 is 0 Å². The van der Waals surface area contributed by atoms with Crippen LogP contribution in [0.1, 0.15) is 12.0 Å². The molecule has 9 heteroatoms. The van der Waals surface area contributed by atoms with Crippen LogP contribution in [-0.4, -0.2) is 55.2 Å². The number of hydrogen-bond acceptors (Lipinski definition) is 5. The zero-order chi connectivity index (χ0) is 17.0. The summed E-state index contributed by atoms with van der Waals surface area (Å²) in [4.78, 5) is 22.4. The highest BCUT2D eigenvalue weighted by Gasteiger charge is 2.29. The van der Waals surface area contributed by atoms with Crippen LogP contribution in [0.3, 0.4) is 0 Å². The summed E-state index contributed by atoms with van der Waals surface area (Å²) in [6.07, 6.45) is 0.532. The van der Waals surface area contributed by atoms with Crippen LogP contribution in [0.4, 0.5) is 5.69 Å². The lowest BCUT2D eigenvalue weighted by Gasteiger charge is -2.15. The molecule has 0 spiro atoms. The summed E-state index contributed by atoms with van der Waals surface area (Å²) in [7, 11) is -3.31. The molecule has 2 N–H and O–H groups in total. The summed E-state index contributed by atoms with van der Waals surface area (Å²) >= 11 is 0. The number of rotatable bonds is 6. The van der Waals surface area contributed by atoms with Crippen LogP contribution in [-0.2, 0) is 19.6 Å². The second-order valence-corrected chi connectivity index (χ2v) is 7.30. The fourth-order valence-electron chi connectivity index (χ4n) is 2.23. The van der Waals surface area contributed by atoms with Crippen LogP contribution < -0.4 is 10.1 Å². The number of carboxylic acids is 1. The molecule has 1 amide bonds. The molecule has 1 aliphatic rings. The van der Waals surface area contributed by atoms with Gasteiger partial charge in [0.1, 0.15) is 5.75 Å². The van der Waals surface area contributed by atoms with Crippen LogP contribution in [0.2, 0.25) is 0 Å². The number of carboxylic acid groups (broad SMARTS) is 1. The summed E-state index contributed by atoms with van der Waals surface area (Å²) < 4.78 is 29.6. The molecule has 0 bridgehead atoms. The van der Waals surface area contributed by atoms with Crippen LogP contribution in [0, 0.1) is 6.92 Å². The predicted molar refractivity (Wildman–Crippen MR) is 82.9 cm³/mol. The van der Waals surface area contributed by atoms with Gasteiger partial charge in [-0.25, -0.2) is 13.2 Å². The Morgan fingerprint density at radius 2 is 2.13 bits per heavy atom. The molecular weight excluding hydrogens is 324 g/mol. The van der Waals surface area contributed by atoms with Crippen molar-refractivity contribution in [3.63, 3.8) is 0 Å². The third-order valence-electron chi connectivity index (χ3n) is 3.36. The summed E-state index contributed by atoms with van der Waals surface area (Å²) in [5.74, 6) is -1.04. The Morgan fingerprint density at radius 1 is 1.39 bits per heavy atom. The molecule has 1 saturated heterocycles. The summed E-state index contributed by atoms with van der Waals surface area (Å²) in [5, 5.41) is 11.2. The van der Waals surface area contributed by atoms with Crippen LogP contribution in [0.5, 0.6) is 5.75 Å². The maximum atomic E-state index is 12.0. The molecule has 0 radical (unpaired) electrons. The second kappa shape index (κ2) is 6.97. The quantitative estimate of drug-likeness (QED) is 0.775. The Bertz CT molecular complexity index is 716. The third-order valence-corrected chi connectivity index (χ3v) is 5.26. The first-order valence-corrected chi connectivity index (χ1v) is 8.62. The smallest absolute Gasteiger partial charge is 0.341 e. The summed E-state index contributed by atoms with van der Waals surface area (Å²) in [6, 6.07) is 4.73. The number of nitrogens with zero attached hydrogens (tertiary/aromatic N) is 1. The lowest BCUT2D eigenvalue weighted by Crippen LogP contribution is -2.34. The van der Waals surface area contributed by atoms with E-state index in [-0.39, 0.29) is 12.3 Å². The Balaban J connectivity index is 1.97. The van der Waals surface area contributed by atoms with Crippen molar-refractivity contribution in [1.82, 2.24) is 4.31 Å². The van der Waals surface area contributed by atoms with E-state index in [1.165, 1.54) is 10.4 Å². The first-order valence-electron chi connectivity index (χ1n) is 7.01. The topological polar surface area (TPSA) is 113 Å². The van der Waals surface area contributed by atoms with Gasteiger partial charge in [0, 0.05) is 12.2 Å². The molecule has 8 nitrogen and oxygen atoms in total. The van der Waals surface area contributed by atoms with E-state index < -0.39 is 28.5 Å². The van der Waals surface area contributed by atoms with Crippen LogP contribution in [0.25, 0.3) is 0 Å². The summed E-state index contributed by atoms with van der Waals surface area (Å²) in [6.45, 7) is 1.43. The number of aliphatic carboxylic acids is 1. The Hall–Kier alpha value is -2.13. The number of anilines is 1. The average Bonchev–Trinajstić information content (AvgIpc) is 2.78. The van der Waals surface area contributed by atoms with Gasteiger partial charge in [0.05, 0.1) is 12.3 Å². The van der Waals surface area contributed by atoms with E-state index in [4.69, 9.17) is 9.84 Å². The highest BCUT2D eigenvalue weighted by molar-refractivity contribution is 7.89. The van der Waals surface area contributed by atoms with E-state index in [1.54, 1.807) is 19.1 Å². The monoisotopic (exact) mass is 342 g/mol. The normalized spacial score (nSPS) is 16.9. The van der Waals surface area contributed by atoms with Gasteiger partial charge >= 0.3 is 5.97 Å². The van der Waals surface area contributed by atoms with Crippen molar-refractivity contribution < 1.29 is 27.9 Å². The molecule has 1 aromatic rings.